The molecule has 1 aliphatic heterocycles. The number of fused-ring (bicyclic) bond motifs is 1. The first kappa shape index (κ1) is 30.7. The van der Waals surface area contributed by atoms with Crippen molar-refractivity contribution >= 4 is 17.9 Å². The molecule has 210 valence electrons. The van der Waals surface area contributed by atoms with Gasteiger partial charge in [-0.05, 0) is 29.7 Å². The van der Waals surface area contributed by atoms with Crippen LogP contribution in [0.4, 0.5) is 26.3 Å². The largest absolute Gasteiger partial charge is 0.490 e. The molecular weight excluding hydrogens is 546 g/mol. The molecular formula is C22H18F6N4O7. The summed E-state index contributed by atoms with van der Waals surface area (Å²) in [5.41, 5.74) is 3.07. The summed E-state index contributed by atoms with van der Waals surface area (Å²) in [5.74, 6) is -5.59. The van der Waals surface area contributed by atoms with Gasteiger partial charge in [0.1, 0.15) is 12.1 Å². The summed E-state index contributed by atoms with van der Waals surface area (Å²) >= 11 is 0. The normalized spacial score (nSPS) is 13.2. The summed E-state index contributed by atoms with van der Waals surface area (Å²) < 4.78 is 68.9. The lowest BCUT2D eigenvalue weighted by Crippen LogP contribution is -2.31. The van der Waals surface area contributed by atoms with Crippen LogP contribution in [0.3, 0.4) is 0 Å². The van der Waals surface area contributed by atoms with E-state index in [0.717, 1.165) is 23.4 Å². The Morgan fingerprint density at radius 3 is 1.97 bits per heavy atom. The molecule has 0 aliphatic carbocycles. The maximum atomic E-state index is 11.9. The molecule has 0 atom stereocenters. The minimum absolute atomic E-state index is 0.255. The molecule has 1 aliphatic rings. The molecule has 39 heavy (non-hydrogen) atoms. The molecule has 0 saturated heterocycles. The monoisotopic (exact) mass is 564 g/mol. The molecule has 0 radical (unpaired) electrons. The number of hydrogen-bond acceptors (Lipinski definition) is 8. The summed E-state index contributed by atoms with van der Waals surface area (Å²) in [6.07, 6.45) is -1.51. The zero-order valence-electron chi connectivity index (χ0n) is 19.4. The second-order valence-corrected chi connectivity index (χ2v) is 7.56. The first-order chi connectivity index (χ1) is 18.1. The van der Waals surface area contributed by atoms with Crippen LogP contribution in [0, 0.1) is 0 Å². The first-order valence-electron chi connectivity index (χ1n) is 10.5. The van der Waals surface area contributed by atoms with Gasteiger partial charge in [0.2, 0.25) is 0 Å². The zero-order chi connectivity index (χ0) is 29.4. The van der Waals surface area contributed by atoms with Gasteiger partial charge in [0.25, 0.3) is 0 Å². The molecule has 4 rings (SSSR count). The second kappa shape index (κ2) is 12.8. The Labute approximate surface area is 214 Å². The smallest absolute Gasteiger partial charge is 0.478 e. The van der Waals surface area contributed by atoms with Crippen LogP contribution in [0.1, 0.15) is 27.2 Å². The Morgan fingerprint density at radius 1 is 0.949 bits per heavy atom. The average Bonchev–Trinajstić information content (AvgIpc) is 3.36. The van der Waals surface area contributed by atoms with E-state index in [-0.39, 0.29) is 5.56 Å². The predicted octanol–water partition coefficient (Wildman–Crippen LogP) is 3.65. The third-order valence-electron chi connectivity index (χ3n) is 4.84. The fraction of sp³-hybridized carbons (Fsp3) is 0.273. The lowest BCUT2D eigenvalue weighted by Gasteiger charge is -2.29. The third-order valence-corrected chi connectivity index (χ3v) is 4.84. The number of aliphatic carboxylic acids is 2. The van der Waals surface area contributed by atoms with Crippen LogP contribution in [-0.4, -0.2) is 72.0 Å². The van der Waals surface area contributed by atoms with Crippen molar-refractivity contribution in [3.8, 4) is 11.3 Å². The van der Waals surface area contributed by atoms with E-state index in [0.29, 0.717) is 30.8 Å². The highest BCUT2D eigenvalue weighted by molar-refractivity contribution is 5.96. The number of furan rings is 1. The Hall–Kier alpha value is -4.54. The number of pyridine rings is 1. The van der Waals surface area contributed by atoms with Gasteiger partial charge in [-0.1, -0.05) is 0 Å². The van der Waals surface area contributed by atoms with Crippen molar-refractivity contribution in [2.75, 3.05) is 6.54 Å². The molecule has 0 spiro atoms. The number of alkyl halides is 6. The number of carboxylic acids is 3. The number of aromatic nitrogens is 3. The minimum atomic E-state index is -5.08. The molecule has 4 heterocycles. The van der Waals surface area contributed by atoms with Crippen molar-refractivity contribution in [1.82, 2.24) is 19.9 Å². The van der Waals surface area contributed by atoms with E-state index in [1.807, 2.05) is 12.1 Å². The van der Waals surface area contributed by atoms with Crippen LogP contribution in [-0.2, 0) is 29.1 Å². The fourth-order valence-electron chi connectivity index (χ4n) is 3.23. The number of aromatic carboxylic acids is 1. The lowest BCUT2D eigenvalue weighted by atomic mass is 9.93. The van der Waals surface area contributed by atoms with E-state index in [4.69, 9.17) is 24.2 Å². The first-order valence-corrected chi connectivity index (χ1v) is 10.5. The quantitative estimate of drug-likeness (QED) is 0.396. The minimum Gasteiger partial charge on any atom is -0.478 e. The molecule has 0 unspecified atom stereocenters. The van der Waals surface area contributed by atoms with Crippen LogP contribution in [0.5, 0.6) is 0 Å². The van der Waals surface area contributed by atoms with Gasteiger partial charge in [-0.15, -0.1) is 0 Å². The average molecular weight is 564 g/mol. The molecule has 3 N–H and O–H groups in total. The van der Waals surface area contributed by atoms with Crippen molar-refractivity contribution in [3.05, 3.63) is 65.8 Å². The maximum absolute atomic E-state index is 11.9. The molecule has 0 saturated carbocycles. The Balaban J connectivity index is 0.000000317. The topological polar surface area (TPSA) is 167 Å². The van der Waals surface area contributed by atoms with Gasteiger partial charge in [-0.3, -0.25) is 9.88 Å². The van der Waals surface area contributed by atoms with E-state index < -0.39 is 30.3 Å². The van der Waals surface area contributed by atoms with Crippen molar-refractivity contribution in [2.45, 2.75) is 31.9 Å². The van der Waals surface area contributed by atoms with Crippen molar-refractivity contribution in [3.63, 3.8) is 0 Å². The third kappa shape index (κ3) is 9.06. The number of carboxylic acid groups (broad SMARTS) is 3. The van der Waals surface area contributed by atoms with E-state index in [9.17, 15) is 36.2 Å². The maximum Gasteiger partial charge on any atom is 0.490 e. The van der Waals surface area contributed by atoms with Crippen LogP contribution in [0.25, 0.3) is 11.3 Å². The van der Waals surface area contributed by atoms with E-state index in [2.05, 4.69) is 19.9 Å². The number of halogens is 6. The highest BCUT2D eigenvalue weighted by atomic mass is 19.4. The molecule has 0 aromatic carbocycles. The summed E-state index contributed by atoms with van der Waals surface area (Å²) in [6, 6.07) is 3.81. The number of hydrogen-bond donors (Lipinski definition) is 3. The van der Waals surface area contributed by atoms with Crippen LogP contribution >= 0.6 is 0 Å². The Morgan fingerprint density at radius 2 is 1.51 bits per heavy atom. The van der Waals surface area contributed by atoms with Crippen molar-refractivity contribution < 1.29 is 60.5 Å². The highest BCUT2D eigenvalue weighted by Gasteiger charge is 2.38. The van der Waals surface area contributed by atoms with Crippen LogP contribution in [0.2, 0.25) is 0 Å². The highest BCUT2D eigenvalue weighted by Crippen LogP contribution is 2.30. The van der Waals surface area contributed by atoms with Gasteiger partial charge in [0.15, 0.2) is 0 Å². The van der Waals surface area contributed by atoms with E-state index >= 15 is 0 Å². The molecule has 0 amide bonds. The van der Waals surface area contributed by atoms with Crippen LogP contribution < -0.4 is 0 Å². The van der Waals surface area contributed by atoms with Gasteiger partial charge in [-0.2, -0.15) is 26.3 Å². The number of rotatable bonds is 4. The van der Waals surface area contributed by atoms with E-state index in [1.165, 1.54) is 6.33 Å². The number of nitrogens with zero attached hydrogens (tertiary/aromatic N) is 4. The summed E-state index contributed by atoms with van der Waals surface area (Å²) in [5, 5.41) is 24.0. The van der Waals surface area contributed by atoms with Gasteiger partial charge in [0.05, 0.1) is 24.1 Å². The summed E-state index contributed by atoms with van der Waals surface area (Å²) in [7, 11) is 0. The molecule has 17 heteroatoms. The van der Waals surface area contributed by atoms with Gasteiger partial charge < -0.3 is 19.7 Å². The van der Waals surface area contributed by atoms with E-state index in [1.54, 1.807) is 24.9 Å². The molecule has 11 nitrogen and oxygen atoms in total. The fourth-order valence-corrected chi connectivity index (χ4v) is 3.23. The molecule has 3 aromatic heterocycles. The Bertz CT molecular complexity index is 1260. The SMILES string of the molecule is O=C(O)C(F)(F)F.O=C(O)C(F)(F)F.O=C(O)c1c(-c2cncnc2)ncc2c1CCN(Cc1ccco1)C2. The second-order valence-electron chi connectivity index (χ2n) is 7.56. The summed E-state index contributed by atoms with van der Waals surface area (Å²) in [4.78, 5) is 44.2. The van der Waals surface area contributed by atoms with Crippen molar-refractivity contribution in [1.29, 1.82) is 0 Å². The molecule has 0 bridgehead atoms. The Kier molecular flexibility index (Phi) is 10.1. The standard InChI is InChI=1S/C18H16N4O3.2C2HF3O2/c23-18(24)16-15-3-4-22(10-14-2-1-5-25-14)9-13(15)8-21-17(16)12-6-19-11-20-7-12;2*3-2(4,5)1(6)7/h1-2,5-8,11H,3-4,9-10H2,(H,23,24);2*(H,6,7). The molecule has 0 fully saturated rings. The summed E-state index contributed by atoms with van der Waals surface area (Å²) in [6.45, 7) is 2.11. The van der Waals surface area contributed by atoms with Gasteiger partial charge in [-0.25, -0.2) is 24.4 Å². The van der Waals surface area contributed by atoms with Crippen LogP contribution in [0.15, 0.2) is 47.7 Å². The van der Waals surface area contributed by atoms with Gasteiger partial charge >= 0.3 is 30.3 Å². The lowest BCUT2D eigenvalue weighted by molar-refractivity contribution is -0.193. The predicted molar refractivity (Wildman–Crippen MR) is 116 cm³/mol. The van der Waals surface area contributed by atoms with Gasteiger partial charge in [0, 0.05) is 37.2 Å². The zero-order valence-corrected chi connectivity index (χ0v) is 19.4. The molecule has 3 aromatic rings. The number of carbonyl (C=O) groups is 3. The van der Waals surface area contributed by atoms with Crippen molar-refractivity contribution in [2.24, 2.45) is 0 Å².